The molecule has 1 atom stereocenters. The third-order valence-corrected chi connectivity index (χ3v) is 2.84. The lowest BCUT2D eigenvalue weighted by Gasteiger charge is -2.01. The molecule has 84 valence electrons. The largest absolute Gasteiger partial charge is 0.459 e. The van der Waals surface area contributed by atoms with Gasteiger partial charge >= 0.3 is 11.9 Å². The van der Waals surface area contributed by atoms with Gasteiger partial charge in [-0.1, -0.05) is 30.7 Å². The molecule has 0 saturated carbocycles. The zero-order valence-corrected chi connectivity index (χ0v) is 9.84. The molecule has 1 rings (SSSR count). The summed E-state index contributed by atoms with van der Waals surface area (Å²) in [7, 11) is 0. The van der Waals surface area contributed by atoms with Crippen LogP contribution in [0.3, 0.4) is 0 Å². The predicted octanol–water partition coefficient (Wildman–Crippen LogP) is 2.14. The molecule has 0 bridgehead atoms. The molecule has 6 heteroatoms. The number of ether oxygens (including phenoxy) is 1. The molecule has 0 N–H and O–H groups in total. The zero-order valence-electron chi connectivity index (χ0n) is 9.02. The maximum atomic E-state index is 11.2. The number of carbonyl (C=O) groups excluding carboxylic acids is 1. The van der Waals surface area contributed by atoms with Gasteiger partial charge in [-0.05, 0) is 13.3 Å². The average Bonchev–Trinajstić information content (AvgIpc) is 2.66. The Morgan fingerprint density at radius 2 is 2.27 bits per heavy atom. The second kappa shape index (κ2) is 5.75. The van der Waals surface area contributed by atoms with E-state index in [-0.39, 0.29) is 5.89 Å². The van der Waals surface area contributed by atoms with Crippen molar-refractivity contribution in [1.29, 1.82) is 0 Å². The number of carbonyl (C=O) groups is 1. The lowest BCUT2D eigenvalue weighted by atomic mass is 10.4. The number of hydrogen-bond donors (Lipinski definition) is 0. The maximum Gasteiger partial charge on any atom is 0.396 e. The minimum atomic E-state index is -0.569. The Bertz CT molecular complexity index is 327. The fourth-order valence-electron chi connectivity index (χ4n) is 0.788. The van der Waals surface area contributed by atoms with E-state index in [0.717, 1.165) is 6.42 Å². The minimum absolute atomic E-state index is 0.0809. The van der Waals surface area contributed by atoms with Crippen LogP contribution in [0.4, 0.5) is 0 Å². The normalized spacial score (nSPS) is 12.5. The van der Waals surface area contributed by atoms with Crippen LogP contribution in [0.15, 0.2) is 9.64 Å². The van der Waals surface area contributed by atoms with Gasteiger partial charge in [0.2, 0.25) is 0 Å². The summed E-state index contributed by atoms with van der Waals surface area (Å²) in [5.74, 6) is -0.649. The lowest BCUT2D eigenvalue weighted by Crippen LogP contribution is -2.04. The molecule has 5 nitrogen and oxygen atoms in total. The predicted molar refractivity (Wildman–Crippen MR) is 55.9 cm³/mol. The third-order valence-electron chi connectivity index (χ3n) is 1.73. The fourth-order valence-corrected chi connectivity index (χ4v) is 1.51. The van der Waals surface area contributed by atoms with Crippen LogP contribution < -0.4 is 0 Å². The number of thioether (sulfide) groups is 1. The summed E-state index contributed by atoms with van der Waals surface area (Å²) >= 11 is 1.45. The molecular formula is C9H14N2O3S. The van der Waals surface area contributed by atoms with Crippen LogP contribution in [-0.2, 0) is 4.74 Å². The Kier molecular flexibility index (Phi) is 4.61. The van der Waals surface area contributed by atoms with E-state index in [0.29, 0.717) is 17.1 Å². The highest BCUT2D eigenvalue weighted by atomic mass is 32.2. The summed E-state index contributed by atoms with van der Waals surface area (Å²) in [6.45, 7) is 6.15. The fraction of sp³-hybridized carbons (Fsp3) is 0.667. The smallest absolute Gasteiger partial charge is 0.396 e. The zero-order chi connectivity index (χ0) is 11.3. The molecule has 0 spiro atoms. The quantitative estimate of drug-likeness (QED) is 0.570. The maximum absolute atomic E-state index is 11.2. The van der Waals surface area contributed by atoms with E-state index in [1.165, 1.54) is 11.8 Å². The van der Waals surface area contributed by atoms with Gasteiger partial charge in [0, 0.05) is 5.25 Å². The number of aromatic nitrogens is 2. The van der Waals surface area contributed by atoms with E-state index in [1.807, 2.05) is 0 Å². The number of esters is 1. The van der Waals surface area contributed by atoms with Crippen molar-refractivity contribution in [2.24, 2.45) is 0 Å². The van der Waals surface area contributed by atoms with Crippen molar-refractivity contribution in [3.8, 4) is 0 Å². The first-order chi connectivity index (χ1) is 7.17. The van der Waals surface area contributed by atoms with Crippen molar-refractivity contribution >= 4 is 17.7 Å². The highest BCUT2D eigenvalue weighted by Gasteiger charge is 2.17. The SMILES string of the molecule is CCOC(=O)c1nnc(SC(C)CC)o1. The second-order valence-corrected chi connectivity index (χ2v) is 4.32. The van der Waals surface area contributed by atoms with Gasteiger partial charge in [0.25, 0.3) is 5.22 Å². The molecule has 1 aromatic rings. The van der Waals surface area contributed by atoms with Crippen LogP contribution in [0.5, 0.6) is 0 Å². The second-order valence-electron chi connectivity index (χ2n) is 2.93. The summed E-state index contributed by atoms with van der Waals surface area (Å²) in [6, 6.07) is 0. The molecule has 1 heterocycles. The van der Waals surface area contributed by atoms with Crippen LogP contribution in [0.25, 0.3) is 0 Å². The molecule has 0 saturated heterocycles. The first-order valence-corrected chi connectivity index (χ1v) is 5.72. The van der Waals surface area contributed by atoms with Gasteiger partial charge < -0.3 is 9.15 Å². The Morgan fingerprint density at radius 3 is 2.87 bits per heavy atom. The molecule has 0 aliphatic carbocycles. The first-order valence-electron chi connectivity index (χ1n) is 4.84. The van der Waals surface area contributed by atoms with Crippen LogP contribution in [0.1, 0.15) is 37.9 Å². The number of hydrogen-bond acceptors (Lipinski definition) is 6. The first kappa shape index (κ1) is 12.0. The van der Waals surface area contributed by atoms with E-state index in [2.05, 4.69) is 24.0 Å². The van der Waals surface area contributed by atoms with E-state index in [9.17, 15) is 4.79 Å². The molecule has 1 unspecified atom stereocenters. The monoisotopic (exact) mass is 230 g/mol. The Balaban J connectivity index is 2.59. The van der Waals surface area contributed by atoms with Gasteiger partial charge in [0.05, 0.1) is 6.61 Å². The van der Waals surface area contributed by atoms with Crippen LogP contribution in [-0.4, -0.2) is 28.0 Å². The Hall–Kier alpha value is -1.04. The molecule has 1 aromatic heterocycles. The molecule has 0 aliphatic heterocycles. The number of nitrogens with zero attached hydrogens (tertiary/aromatic N) is 2. The molecule has 0 aromatic carbocycles. The van der Waals surface area contributed by atoms with E-state index < -0.39 is 5.97 Å². The average molecular weight is 230 g/mol. The van der Waals surface area contributed by atoms with Gasteiger partial charge in [-0.15, -0.1) is 5.10 Å². The van der Waals surface area contributed by atoms with E-state index in [4.69, 9.17) is 9.15 Å². The molecule has 0 amide bonds. The Labute approximate surface area is 92.6 Å². The molecule has 0 radical (unpaired) electrons. The van der Waals surface area contributed by atoms with E-state index >= 15 is 0 Å². The Morgan fingerprint density at radius 1 is 1.53 bits per heavy atom. The molecule has 0 aliphatic rings. The van der Waals surface area contributed by atoms with Crippen molar-refractivity contribution in [2.45, 2.75) is 37.7 Å². The standard InChI is InChI=1S/C9H14N2O3S/c1-4-6(3)15-9-11-10-7(14-9)8(12)13-5-2/h6H,4-5H2,1-3H3. The van der Waals surface area contributed by atoms with Crippen molar-refractivity contribution in [3.63, 3.8) is 0 Å². The van der Waals surface area contributed by atoms with Crippen molar-refractivity contribution < 1.29 is 13.9 Å². The van der Waals surface area contributed by atoms with Gasteiger partial charge in [-0.25, -0.2) is 4.79 Å². The summed E-state index contributed by atoms with van der Waals surface area (Å²) in [5.41, 5.74) is 0. The lowest BCUT2D eigenvalue weighted by molar-refractivity contribution is 0.0475. The summed E-state index contributed by atoms with van der Waals surface area (Å²) < 4.78 is 9.86. The summed E-state index contributed by atoms with van der Waals surface area (Å²) in [4.78, 5) is 11.2. The van der Waals surface area contributed by atoms with Gasteiger partial charge in [-0.3, -0.25) is 0 Å². The van der Waals surface area contributed by atoms with Crippen LogP contribution in [0.2, 0.25) is 0 Å². The molecule has 15 heavy (non-hydrogen) atoms. The highest BCUT2D eigenvalue weighted by Crippen LogP contribution is 2.23. The summed E-state index contributed by atoms with van der Waals surface area (Å²) in [6.07, 6.45) is 1.00. The summed E-state index contributed by atoms with van der Waals surface area (Å²) in [5, 5.41) is 8.16. The highest BCUT2D eigenvalue weighted by molar-refractivity contribution is 7.99. The topological polar surface area (TPSA) is 65.2 Å². The molecular weight excluding hydrogens is 216 g/mol. The number of rotatable bonds is 5. The minimum Gasteiger partial charge on any atom is -0.459 e. The van der Waals surface area contributed by atoms with Crippen LogP contribution >= 0.6 is 11.8 Å². The third kappa shape index (κ3) is 3.54. The van der Waals surface area contributed by atoms with Crippen molar-refractivity contribution in [1.82, 2.24) is 10.2 Å². The van der Waals surface area contributed by atoms with Crippen molar-refractivity contribution in [3.05, 3.63) is 5.89 Å². The van der Waals surface area contributed by atoms with Crippen LogP contribution in [0, 0.1) is 0 Å². The van der Waals surface area contributed by atoms with Crippen molar-refractivity contribution in [2.75, 3.05) is 6.61 Å². The van der Waals surface area contributed by atoms with Gasteiger partial charge in [-0.2, -0.15) is 0 Å². The molecule has 0 fully saturated rings. The van der Waals surface area contributed by atoms with E-state index in [1.54, 1.807) is 6.92 Å². The van der Waals surface area contributed by atoms with Gasteiger partial charge in [0.15, 0.2) is 0 Å². The van der Waals surface area contributed by atoms with Gasteiger partial charge in [0.1, 0.15) is 0 Å².